The van der Waals surface area contributed by atoms with Crippen molar-refractivity contribution in [3.05, 3.63) is 71.1 Å². The van der Waals surface area contributed by atoms with E-state index < -0.39 is 11.7 Å². The number of alkyl halides is 3. The highest BCUT2D eigenvalue weighted by Gasteiger charge is 2.31. The van der Waals surface area contributed by atoms with Crippen LogP contribution in [0.3, 0.4) is 0 Å². The van der Waals surface area contributed by atoms with Crippen molar-refractivity contribution in [1.82, 2.24) is 20.4 Å². The lowest BCUT2D eigenvalue weighted by molar-refractivity contribution is -0.137. The Balaban J connectivity index is 1.71. The summed E-state index contributed by atoms with van der Waals surface area (Å²) in [6, 6.07) is 11.7. The van der Waals surface area contributed by atoms with E-state index in [1.807, 2.05) is 31.0 Å². The Bertz CT molecular complexity index is 1020. The predicted molar refractivity (Wildman–Crippen MR) is 104 cm³/mol. The molecule has 2 aromatic carbocycles. The van der Waals surface area contributed by atoms with Crippen molar-refractivity contribution < 1.29 is 22.5 Å². The van der Waals surface area contributed by atoms with E-state index in [1.54, 1.807) is 19.2 Å². The van der Waals surface area contributed by atoms with Gasteiger partial charge >= 0.3 is 6.18 Å². The van der Waals surface area contributed by atoms with E-state index in [0.717, 1.165) is 17.7 Å². The topological polar surface area (TPSA) is 71.3 Å². The minimum Gasteiger partial charge on any atom is -0.355 e. The molecule has 0 fully saturated rings. The average molecular weight is 418 g/mol. The zero-order valence-corrected chi connectivity index (χ0v) is 16.7. The summed E-state index contributed by atoms with van der Waals surface area (Å²) in [7, 11) is 3.44. The summed E-state index contributed by atoms with van der Waals surface area (Å²) in [6.07, 6.45) is -4.44. The number of hydrogen-bond acceptors (Lipinski definition) is 5. The Hall–Kier alpha value is -3.20. The molecule has 1 aromatic heterocycles. The molecule has 1 amide bonds. The Morgan fingerprint density at radius 3 is 2.53 bits per heavy atom. The number of nitrogens with zero attached hydrogens (tertiary/aromatic N) is 3. The Kier molecular flexibility index (Phi) is 6.21. The van der Waals surface area contributed by atoms with Gasteiger partial charge in [0.15, 0.2) is 0 Å². The monoisotopic (exact) mass is 418 g/mol. The van der Waals surface area contributed by atoms with Crippen molar-refractivity contribution >= 4 is 5.91 Å². The Labute approximate surface area is 171 Å². The Morgan fingerprint density at radius 1 is 1.20 bits per heavy atom. The summed E-state index contributed by atoms with van der Waals surface area (Å²) >= 11 is 0. The first-order valence-electron chi connectivity index (χ1n) is 9.21. The van der Waals surface area contributed by atoms with Gasteiger partial charge in [0.25, 0.3) is 5.91 Å². The van der Waals surface area contributed by atoms with Gasteiger partial charge in [-0.05, 0) is 43.8 Å². The highest BCUT2D eigenvalue weighted by molar-refractivity contribution is 5.93. The van der Waals surface area contributed by atoms with E-state index >= 15 is 0 Å². The predicted octanol–water partition coefficient (Wildman–Crippen LogP) is 4.31. The minimum atomic E-state index is -4.44. The molecule has 6 nitrogen and oxygen atoms in total. The second-order valence-corrected chi connectivity index (χ2v) is 6.90. The SMILES string of the molecule is CNC(=O)c1ccc(CN(C)C(C)c2nc(-c3cccc(C(F)(F)F)c3)no2)cc1. The number of amides is 1. The quantitative estimate of drug-likeness (QED) is 0.646. The lowest BCUT2D eigenvalue weighted by atomic mass is 10.1. The maximum Gasteiger partial charge on any atom is 0.416 e. The van der Waals surface area contributed by atoms with Gasteiger partial charge in [0.1, 0.15) is 0 Å². The van der Waals surface area contributed by atoms with Crippen LogP contribution < -0.4 is 5.32 Å². The number of hydrogen-bond donors (Lipinski definition) is 1. The highest BCUT2D eigenvalue weighted by atomic mass is 19.4. The van der Waals surface area contributed by atoms with E-state index in [2.05, 4.69) is 15.5 Å². The van der Waals surface area contributed by atoms with Crippen molar-refractivity contribution in [3.8, 4) is 11.4 Å². The van der Waals surface area contributed by atoms with Crippen molar-refractivity contribution in [3.63, 3.8) is 0 Å². The zero-order valence-electron chi connectivity index (χ0n) is 16.7. The van der Waals surface area contributed by atoms with Crippen LogP contribution in [0.5, 0.6) is 0 Å². The number of rotatable bonds is 6. The van der Waals surface area contributed by atoms with E-state index in [9.17, 15) is 18.0 Å². The first-order valence-corrected chi connectivity index (χ1v) is 9.21. The lowest BCUT2D eigenvalue weighted by Crippen LogP contribution is -2.22. The maximum atomic E-state index is 12.9. The molecule has 1 unspecified atom stereocenters. The summed E-state index contributed by atoms with van der Waals surface area (Å²) in [5.41, 5.74) is 1.02. The largest absolute Gasteiger partial charge is 0.416 e. The molecule has 3 rings (SSSR count). The van der Waals surface area contributed by atoms with Gasteiger partial charge in [-0.3, -0.25) is 9.69 Å². The molecule has 0 aliphatic carbocycles. The van der Waals surface area contributed by atoms with Crippen LogP contribution in [0.4, 0.5) is 13.2 Å². The summed E-state index contributed by atoms with van der Waals surface area (Å²) in [4.78, 5) is 17.9. The molecule has 1 heterocycles. The van der Waals surface area contributed by atoms with Gasteiger partial charge < -0.3 is 9.84 Å². The number of carbonyl (C=O) groups is 1. The average Bonchev–Trinajstić information content (AvgIpc) is 3.23. The lowest BCUT2D eigenvalue weighted by Gasteiger charge is -2.21. The van der Waals surface area contributed by atoms with E-state index in [4.69, 9.17) is 4.52 Å². The molecule has 3 aromatic rings. The first-order chi connectivity index (χ1) is 14.2. The molecule has 0 aliphatic rings. The van der Waals surface area contributed by atoms with Crippen molar-refractivity contribution in [2.24, 2.45) is 0 Å². The Morgan fingerprint density at radius 2 is 1.90 bits per heavy atom. The van der Waals surface area contributed by atoms with E-state index in [-0.39, 0.29) is 23.3 Å². The highest BCUT2D eigenvalue weighted by Crippen LogP contribution is 2.32. The molecule has 0 radical (unpaired) electrons. The molecule has 30 heavy (non-hydrogen) atoms. The molecule has 1 atom stereocenters. The maximum absolute atomic E-state index is 12.9. The fourth-order valence-corrected chi connectivity index (χ4v) is 2.88. The number of nitrogens with one attached hydrogen (secondary N) is 1. The number of carbonyl (C=O) groups excluding carboxylic acids is 1. The fraction of sp³-hybridized carbons (Fsp3) is 0.286. The molecule has 0 saturated heterocycles. The van der Waals surface area contributed by atoms with Crippen LogP contribution in [0, 0.1) is 0 Å². The van der Waals surface area contributed by atoms with Crippen LogP contribution in [0.2, 0.25) is 0 Å². The molecule has 0 saturated carbocycles. The van der Waals surface area contributed by atoms with Crippen LogP contribution in [0.1, 0.15) is 40.3 Å². The molecule has 158 valence electrons. The summed E-state index contributed by atoms with van der Waals surface area (Å²) in [6.45, 7) is 2.42. The van der Waals surface area contributed by atoms with Crippen LogP contribution in [0.25, 0.3) is 11.4 Å². The molecule has 0 spiro atoms. The number of halogens is 3. The van der Waals surface area contributed by atoms with Gasteiger partial charge in [-0.25, -0.2) is 0 Å². The third-order valence-corrected chi connectivity index (χ3v) is 4.78. The normalized spacial score (nSPS) is 12.8. The molecule has 0 bridgehead atoms. The fourth-order valence-electron chi connectivity index (χ4n) is 2.88. The van der Waals surface area contributed by atoms with Crippen LogP contribution in [-0.4, -0.2) is 35.0 Å². The van der Waals surface area contributed by atoms with Crippen LogP contribution in [0.15, 0.2) is 53.1 Å². The van der Waals surface area contributed by atoms with Gasteiger partial charge in [0.05, 0.1) is 11.6 Å². The molecule has 9 heteroatoms. The molecule has 0 aliphatic heterocycles. The molecular formula is C21H21F3N4O2. The van der Waals surface area contributed by atoms with Crippen LogP contribution in [-0.2, 0) is 12.7 Å². The molecule has 1 N–H and O–H groups in total. The van der Waals surface area contributed by atoms with Gasteiger partial charge in [-0.2, -0.15) is 18.2 Å². The van der Waals surface area contributed by atoms with Gasteiger partial charge in [-0.1, -0.05) is 29.4 Å². The number of aromatic nitrogens is 2. The smallest absolute Gasteiger partial charge is 0.355 e. The summed E-state index contributed by atoms with van der Waals surface area (Å²) < 4.78 is 44.1. The van der Waals surface area contributed by atoms with Crippen molar-refractivity contribution in [1.29, 1.82) is 0 Å². The summed E-state index contributed by atoms with van der Waals surface area (Å²) in [5.74, 6) is 0.245. The molecular weight excluding hydrogens is 397 g/mol. The third kappa shape index (κ3) is 4.85. The van der Waals surface area contributed by atoms with Gasteiger partial charge in [0.2, 0.25) is 11.7 Å². The minimum absolute atomic E-state index is 0.103. The number of benzene rings is 2. The van der Waals surface area contributed by atoms with Crippen molar-refractivity contribution in [2.45, 2.75) is 25.7 Å². The first kappa shape index (κ1) is 21.5. The van der Waals surface area contributed by atoms with Crippen molar-refractivity contribution in [2.75, 3.05) is 14.1 Å². The third-order valence-electron chi connectivity index (χ3n) is 4.78. The van der Waals surface area contributed by atoms with E-state index in [0.29, 0.717) is 18.0 Å². The van der Waals surface area contributed by atoms with Gasteiger partial charge in [0, 0.05) is 24.7 Å². The van der Waals surface area contributed by atoms with E-state index in [1.165, 1.54) is 12.1 Å². The van der Waals surface area contributed by atoms with Crippen LogP contribution >= 0.6 is 0 Å². The second-order valence-electron chi connectivity index (χ2n) is 6.90. The summed E-state index contributed by atoms with van der Waals surface area (Å²) in [5, 5.41) is 6.41. The second kappa shape index (κ2) is 8.66. The zero-order chi connectivity index (χ0) is 21.9. The standard InChI is InChI=1S/C21H21F3N4O2/c1-13(28(3)12-14-7-9-15(10-8-14)19(29)25-2)20-26-18(27-30-20)16-5-4-6-17(11-16)21(22,23)24/h4-11,13H,12H2,1-3H3,(H,25,29). The van der Waals surface area contributed by atoms with Gasteiger partial charge in [-0.15, -0.1) is 0 Å².